The molecule has 0 radical (unpaired) electrons. The zero-order valence-corrected chi connectivity index (χ0v) is 15.0. The lowest BCUT2D eigenvalue weighted by molar-refractivity contribution is 0.186. The molecule has 4 heterocycles. The molecule has 0 aliphatic carbocycles. The standard InChI is InChI=1S/C18H22N2O4S/c1-2-8-25(22,23)19-10-13-9-14(12-19)16-6-5-15(17-4-3-7-24-17)18(21)20(16)11-13/h3-7,13-14H,2,8-12H2,1H3/t13-,14-/m1/s1. The maximum atomic E-state index is 12.9. The summed E-state index contributed by atoms with van der Waals surface area (Å²) in [6.07, 6.45) is 3.12. The van der Waals surface area contributed by atoms with Gasteiger partial charge in [0, 0.05) is 31.2 Å². The van der Waals surface area contributed by atoms with Crippen molar-refractivity contribution in [3.63, 3.8) is 0 Å². The fourth-order valence-corrected chi connectivity index (χ4v) is 5.75. The second-order valence-corrected chi connectivity index (χ2v) is 9.09. The van der Waals surface area contributed by atoms with Crippen LogP contribution in [0.2, 0.25) is 0 Å². The Morgan fingerprint density at radius 1 is 1.20 bits per heavy atom. The molecular weight excluding hydrogens is 340 g/mol. The van der Waals surface area contributed by atoms with Crippen molar-refractivity contribution >= 4 is 10.0 Å². The molecule has 0 N–H and O–H groups in total. The van der Waals surface area contributed by atoms with E-state index in [-0.39, 0.29) is 23.1 Å². The van der Waals surface area contributed by atoms with E-state index in [0.717, 1.165) is 12.1 Å². The van der Waals surface area contributed by atoms with Crippen LogP contribution in [0.3, 0.4) is 0 Å². The molecule has 4 rings (SSSR count). The number of furan rings is 1. The molecule has 2 aromatic heterocycles. The average Bonchev–Trinajstić information content (AvgIpc) is 3.10. The number of fused-ring (bicyclic) bond motifs is 4. The summed E-state index contributed by atoms with van der Waals surface area (Å²) in [4.78, 5) is 12.9. The van der Waals surface area contributed by atoms with Crippen molar-refractivity contribution in [1.29, 1.82) is 0 Å². The number of nitrogens with zero attached hydrogens (tertiary/aromatic N) is 2. The van der Waals surface area contributed by atoms with Crippen molar-refractivity contribution in [2.75, 3.05) is 18.8 Å². The Bertz CT molecular complexity index is 930. The van der Waals surface area contributed by atoms with Gasteiger partial charge >= 0.3 is 0 Å². The first-order valence-electron chi connectivity index (χ1n) is 8.75. The van der Waals surface area contributed by atoms with Gasteiger partial charge in [-0.25, -0.2) is 12.7 Å². The number of hydrogen-bond acceptors (Lipinski definition) is 4. The van der Waals surface area contributed by atoms with Crippen LogP contribution in [0.15, 0.2) is 39.7 Å². The quantitative estimate of drug-likeness (QED) is 0.836. The SMILES string of the molecule is CCCS(=O)(=O)N1C[C@H]2C[C@H](C1)c1ccc(-c3ccco3)c(=O)n1C2. The smallest absolute Gasteiger partial charge is 0.261 e. The average molecular weight is 362 g/mol. The summed E-state index contributed by atoms with van der Waals surface area (Å²) in [6.45, 7) is 3.43. The molecule has 6 nitrogen and oxygen atoms in total. The van der Waals surface area contributed by atoms with E-state index in [2.05, 4.69) is 0 Å². The first-order chi connectivity index (χ1) is 12.0. The third-order valence-electron chi connectivity index (χ3n) is 5.21. The normalized spacial score (nSPS) is 23.4. The molecule has 0 unspecified atom stereocenters. The van der Waals surface area contributed by atoms with Crippen molar-refractivity contribution in [1.82, 2.24) is 8.87 Å². The van der Waals surface area contributed by atoms with Gasteiger partial charge in [-0.05, 0) is 43.0 Å². The third kappa shape index (κ3) is 2.85. The van der Waals surface area contributed by atoms with E-state index in [1.807, 2.05) is 17.6 Å². The third-order valence-corrected chi connectivity index (χ3v) is 7.22. The van der Waals surface area contributed by atoms with Crippen LogP contribution in [0.25, 0.3) is 11.3 Å². The molecule has 0 aromatic carbocycles. The molecular formula is C18H22N2O4S. The minimum Gasteiger partial charge on any atom is -0.464 e. The number of piperidine rings is 1. The summed E-state index contributed by atoms with van der Waals surface area (Å²) in [6, 6.07) is 7.30. The monoisotopic (exact) mass is 362 g/mol. The van der Waals surface area contributed by atoms with Gasteiger partial charge in [-0.3, -0.25) is 4.79 Å². The Morgan fingerprint density at radius 2 is 2.04 bits per heavy atom. The van der Waals surface area contributed by atoms with Gasteiger partial charge in [0.15, 0.2) is 0 Å². The van der Waals surface area contributed by atoms with E-state index in [1.54, 1.807) is 28.8 Å². The van der Waals surface area contributed by atoms with Crippen LogP contribution in [0, 0.1) is 5.92 Å². The highest BCUT2D eigenvalue weighted by Crippen LogP contribution is 2.36. The van der Waals surface area contributed by atoms with Crippen LogP contribution in [0.5, 0.6) is 0 Å². The van der Waals surface area contributed by atoms with Gasteiger partial charge in [-0.1, -0.05) is 6.92 Å². The molecule has 1 saturated heterocycles. The number of hydrogen-bond donors (Lipinski definition) is 0. The zero-order valence-electron chi connectivity index (χ0n) is 14.2. The van der Waals surface area contributed by atoms with Gasteiger partial charge in [-0.15, -0.1) is 0 Å². The van der Waals surface area contributed by atoms with E-state index >= 15 is 0 Å². The maximum absolute atomic E-state index is 12.9. The van der Waals surface area contributed by atoms with Gasteiger partial charge in [0.25, 0.3) is 5.56 Å². The molecule has 1 fully saturated rings. The minimum atomic E-state index is -3.20. The predicted molar refractivity (Wildman–Crippen MR) is 94.9 cm³/mol. The summed E-state index contributed by atoms with van der Waals surface area (Å²) in [7, 11) is -3.20. The van der Waals surface area contributed by atoms with Gasteiger partial charge in [0.1, 0.15) is 5.76 Å². The Kier molecular flexibility index (Phi) is 4.08. The van der Waals surface area contributed by atoms with Gasteiger partial charge in [0.2, 0.25) is 10.0 Å². The lowest BCUT2D eigenvalue weighted by Gasteiger charge is -2.42. The highest BCUT2D eigenvalue weighted by Gasteiger charge is 2.38. The van der Waals surface area contributed by atoms with E-state index in [0.29, 0.717) is 37.4 Å². The maximum Gasteiger partial charge on any atom is 0.261 e. The molecule has 0 saturated carbocycles. The van der Waals surface area contributed by atoms with Crippen LogP contribution in [0.1, 0.15) is 31.4 Å². The first kappa shape index (κ1) is 16.6. The fraction of sp³-hybridized carbons (Fsp3) is 0.500. The molecule has 2 bridgehead atoms. The van der Waals surface area contributed by atoms with Crippen LogP contribution < -0.4 is 5.56 Å². The second kappa shape index (κ2) is 6.14. The molecule has 2 atom stereocenters. The summed E-state index contributed by atoms with van der Waals surface area (Å²) in [5.41, 5.74) is 1.45. The van der Waals surface area contributed by atoms with E-state index in [4.69, 9.17) is 4.42 Å². The number of aromatic nitrogens is 1. The molecule has 0 amide bonds. The highest BCUT2D eigenvalue weighted by molar-refractivity contribution is 7.89. The Hall–Kier alpha value is -1.86. The predicted octanol–water partition coefficient (Wildman–Crippen LogP) is 2.27. The molecule has 25 heavy (non-hydrogen) atoms. The molecule has 2 aliphatic heterocycles. The second-order valence-electron chi connectivity index (χ2n) is 7.00. The number of rotatable bonds is 4. The summed E-state index contributed by atoms with van der Waals surface area (Å²) in [5.74, 6) is 1.03. The van der Waals surface area contributed by atoms with Crippen LogP contribution in [-0.2, 0) is 16.6 Å². The largest absolute Gasteiger partial charge is 0.464 e. The van der Waals surface area contributed by atoms with Crippen molar-refractivity contribution < 1.29 is 12.8 Å². The van der Waals surface area contributed by atoms with E-state index in [9.17, 15) is 13.2 Å². The van der Waals surface area contributed by atoms with Crippen molar-refractivity contribution in [2.24, 2.45) is 5.92 Å². The minimum absolute atomic E-state index is 0.0491. The lowest BCUT2D eigenvalue weighted by Crippen LogP contribution is -2.49. The first-order valence-corrected chi connectivity index (χ1v) is 10.4. The highest BCUT2D eigenvalue weighted by atomic mass is 32.2. The topological polar surface area (TPSA) is 72.5 Å². The molecule has 2 aliphatic rings. The van der Waals surface area contributed by atoms with E-state index in [1.165, 1.54) is 0 Å². The van der Waals surface area contributed by atoms with Gasteiger partial charge in [0.05, 0.1) is 17.6 Å². The van der Waals surface area contributed by atoms with E-state index < -0.39 is 10.0 Å². The molecule has 7 heteroatoms. The fourth-order valence-electron chi connectivity index (χ4n) is 4.14. The van der Waals surface area contributed by atoms with Crippen LogP contribution in [0.4, 0.5) is 0 Å². The molecule has 134 valence electrons. The Labute approximate surface area is 147 Å². The van der Waals surface area contributed by atoms with Gasteiger partial charge in [-0.2, -0.15) is 0 Å². The van der Waals surface area contributed by atoms with Crippen molar-refractivity contribution in [3.05, 3.63) is 46.6 Å². The van der Waals surface area contributed by atoms with Crippen molar-refractivity contribution in [2.45, 2.75) is 32.2 Å². The molecule has 2 aromatic rings. The summed E-state index contributed by atoms with van der Waals surface area (Å²) in [5, 5.41) is 0. The van der Waals surface area contributed by atoms with Crippen LogP contribution >= 0.6 is 0 Å². The van der Waals surface area contributed by atoms with Crippen molar-refractivity contribution in [3.8, 4) is 11.3 Å². The Morgan fingerprint density at radius 3 is 2.76 bits per heavy atom. The zero-order chi connectivity index (χ0) is 17.6. The van der Waals surface area contributed by atoms with Crippen LogP contribution in [-0.4, -0.2) is 36.1 Å². The van der Waals surface area contributed by atoms with Gasteiger partial charge < -0.3 is 8.98 Å². The number of pyridine rings is 1. The lowest BCUT2D eigenvalue weighted by atomic mass is 9.84. The molecule has 0 spiro atoms. The Balaban J connectivity index is 1.70. The number of sulfonamides is 1. The summed E-state index contributed by atoms with van der Waals surface area (Å²) < 4.78 is 33.7. The summed E-state index contributed by atoms with van der Waals surface area (Å²) >= 11 is 0.